The van der Waals surface area contributed by atoms with Crippen molar-refractivity contribution in [1.29, 1.82) is 0 Å². The second-order valence-electron chi connectivity index (χ2n) is 4.92. The van der Waals surface area contributed by atoms with Crippen molar-refractivity contribution < 1.29 is 0 Å². The summed E-state index contributed by atoms with van der Waals surface area (Å²) in [6.07, 6.45) is 9.46. The number of hydrogen-bond donors (Lipinski definition) is 0. The Morgan fingerprint density at radius 3 is 2.53 bits per heavy atom. The first-order valence-corrected chi connectivity index (χ1v) is 6.91. The van der Waals surface area contributed by atoms with Gasteiger partial charge in [-0.3, -0.25) is 4.99 Å². The fourth-order valence-corrected chi connectivity index (χ4v) is 2.07. The van der Waals surface area contributed by atoms with Gasteiger partial charge in [0, 0.05) is 17.2 Å². The molecule has 1 nitrogen and oxygen atoms in total. The first-order chi connectivity index (χ1) is 9.22. The Bertz CT molecular complexity index is 544. The number of nitrogens with zero attached hydrogens (tertiary/aromatic N) is 1. The van der Waals surface area contributed by atoms with Crippen LogP contribution in [0.25, 0.3) is 5.70 Å². The molecule has 0 heterocycles. The molecule has 1 atom stereocenters. The highest BCUT2D eigenvalue weighted by Gasteiger charge is 2.10. The molecule has 0 spiro atoms. The van der Waals surface area contributed by atoms with Gasteiger partial charge in [-0.15, -0.1) is 0 Å². The van der Waals surface area contributed by atoms with Gasteiger partial charge >= 0.3 is 0 Å². The number of aliphatic imine (C=N–C) groups is 1. The monoisotopic (exact) mass is 251 g/mol. The predicted octanol–water partition coefficient (Wildman–Crippen LogP) is 5.03. The average Bonchev–Trinajstić information content (AvgIpc) is 2.46. The van der Waals surface area contributed by atoms with Crippen LogP contribution in [0.15, 0.2) is 65.2 Å². The van der Waals surface area contributed by atoms with Crippen LogP contribution < -0.4 is 0 Å². The molecule has 0 saturated carbocycles. The zero-order valence-corrected chi connectivity index (χ0v) is 11.9. The van der Waals surface area contributed by atoms with Gasteiger partial charge < -0.3 is 0 Å². The lowest BCUT2D eigenvalue weighted by Crippen LogP contribution is -2.08. The largest absolute Gasteiger partial charge is 0.252 e. The molecule has 0 saturated heterocycles. The van der Waals surface area contributed by atoms with Crippen molar-refractivity contribution in [3.05, 3.63) is 65.8 Å². The third-order valence-corrected chi connectivity index (χ3v) is 3.47. The van der Waals surface area contributed by atoms with Crippen molar-refractivity contribution >= 4 is 11.4 Å². The van der Waals surface area contributed by atoms with Crippen molar-refractivity contribution in [3.63, 3.8) is 0 Å². The van der Waals surface area contributed by atoms with Crippen molar-refractivity contribution in [3.8, 4) is 0 Å². The summed E-state index contributed by atoms with van der Waals surface area (Å²) in [7, 11) is 0. The van der Waals surface area contributed by atoms with Gasteiger partial charge in [0.25, 0.3) is 0 Å². The molecule has 1 unspecified atom stereocenters. The second kappa shape index (κ2) is 6.33. The zero-order valence-electron chi connectivity index (χ0n) is 11.9. The number of rotatable bonds is 3. The van der Waals surface area contributed by atoms with Gasteiger partial charge in [0.05, 0.1) is 5.70 Å². The Labute approximate surface area is 116 Å². The van der Waals surface area contributed by atoms with Crippen molar-refractivity contribution in [2.75, 3.05) is 0 Å². The fourth-order valence-electron chi connectivity index (χ4n) is 2.07. The molecule has 0 radical (unpaired) electrons. The Kier molecular flexibility index (Phi) is 4.51. The SMILES string of the molecule is CC/C(C)=C(/N=C1C=CC=CC1C)c1ccccc1. The molecule has 0 N–H and O–H groups in total. The summed E-state index contributed by atoms with van der Waals surface area (Å²) < 4.78 is 0. The Morgan fingerprint density at radius 1 is 1.16 bits per heavy atom. The van der Waals surface area contributed by atoms with Crippen LogP contribution in [0, 0.1) is 5.92 Å². The molecule has 0 fully saturated rings. The van der Waals surface area contributed by atoms with Crippen LogP contribution in [0.3, 0.4) is 0 Å². The van der Waals surface area contributed by atoms with Crippen molar-refractivity contribution in [2.45, 2.75) is 27.2 Å². The average molecular weight is 251 g/mol. The Balaban J connectivity index is 2.44. The molecular weight excluding hydrogens is 230 g/mol. The lowest BCUT2D eigenvalue weighted by Gasteiger charge is -2.13. The van der Waals surface area contributed by atoms with Gasteiger partial charge in [0.15, 0.2) is 0 Å². The van der Waals surface area contributed by atoms with E-state index in [1.165, 1.54) is 11.1 Å². The van der Waals surface area contributed by atoms with E-state index in [-0.39, 0.29) is 0 Å². The maximum absolute atomic E-state index is 4.92. The van der Waals surface area contributed by atoms with Crippen LogP contribution in [0.4, 0.5) is 0 Å². The maximum atomic E-state index is 4.92. The van der Waals surface area contributed by atoms with Crippen LogP contribution in [-0.2, 0) is 0 Å². The zero-order chi connectivity index (χ0) is 13.7. The molecule has 1 aromatic carbocycles. The van der Waals surface area contributed by atoms with Gasteiger partial charge in [-0.2, -0.15) is 0 Å². The van der Waals surface area contributed by atoms with Gasteiger partial charge in [-0.25, -0.2) is 0 Å². The minimum atomic E-state index is 0.383. The summed E-state index contributed by atoms with van der Waals surface area (Å²) >= 11 is 0. The van der Waals surface area contributed by atoms with E-state index in [9.17, 15) is 0 Å². The molecule has 1 aliphatic carbocycles. The van der Waals surface area contributed by atoms with E-state index in [4.69, 9.17) is 4.99 Å². The third-order valence-electron chi connectivity index (χ3n) is 3.47. The molecule has 98 valence electrons. The Hall–Kier alpha value is -1.89. The third kappa shape index (κ3) is 3.31. The highest BCUT2D eigenvalue weighted by atomic mass is 14.8. The molecule has 19 heavy (non-hydrogen) atoms. The number of hydrogen-bond acceptors (Lipinski definition) is 1. The number of benzene rings is 1. The lowest BCUT2D eigenvalue weighted by molar-refractivity contribution is 0.993. The van der Waals surface area contributed by atoms with E-state index in [1.807, 2.05) is 6.07 Å². The summed E-state index contributed by atoms with van der Waals surface area (Å²) in [5.41, 5.74) is 4.78. The molecular formula is C18H21N. The van der Waals surface area contributed by atoms with E-state index in [1.54, 1.807) is 0 Å². The normalized spacial score (nSPS) is 21.6. The smallest absolute Gasteiger partial charge is 0.0694 e. The fraction of sp³-hybridized carbons (Fsp3) is 0.278. The van der Waals surface area contributed by atoms with E-state index in [2.05, 4.69) is 69.3 Å². The first-order valence-electron chi connectivity index (χ1n) is 6.91. The summed E-state index contributed by atoms with van der Waals surface area (Å²) in [4.78, 5) is 4.92. The molecule has 1 aliphatic rings. The van der Waals surface area contributed by atoms with Crippen LogP contribution in [0.5, 0.6) is 0 Å². The van der Waals surface area contributed by atoms with Gasteiger partial charge in [-0.1, -0.05) is 62.4 Å². The predicted molar refractivity (Wildman–Crippen MR) is 84.2 cm³/mol. The highest BCUT2D eigenvalue weighted by Crippen LogP contribution is 2.24. The first kappa shape index (κ1) is 13.5. The van der Waals surface area contributed by atoms with E-state index >= 15 is 0 Å². The topological polar surface area (TPSA) is 12.4 Å². The second-order valence-corrected chi connectivity index (χ2v) is 4.92. The molecule has 1 aromatic rings. The molecule has 2 rings (SSSR count). The maximum Gasteiger partial charge on any atom is 0.0694 e. The summed E-state index contributed by atoms with van der Waals surface area (Å²) in [6, 6.07) is 10.4. The van der Waals surface area contributed by atoms with Gasteiger partial charge in [0.1, 0.15) is 0 Å². The number of allylic oxidation sites excluding steroid dienone is 5. The summed E-state index contributed by atoms with van der Waals surface area (Å²) in [6.45, 7) is 6.53. The molecule has 0 amide bonds. The molecule has 0 aromatic heterocycles. The van der Waals surface area contributed by atoms with Crippen LogP contribution >= 0.6 is 0 Å². The van der Waals surface area contributed by atoms with Crippen molar-refractivity contribution in [2.24, 2.45) is 10.9 Å². The van der Waals surface area contributed by atoms with Crippen LogP contribution in [0.1, 0.15) is 32.8 Å². The molecule has 1 heteroatoms. The molecule has 0 aliphatic heterocycles. The van der Waals surface area contributed by atoms with Crippen LogP contribution in [0.2, 0.25) is 0 Å². The van der Waals surface area contributed by atoms with Gasteiger partial charge in [0.2, 0.25) is 0 Å². The lowest BCUT2D eigenvalue weighted by atomic mass is 9.99. The molecule has 0 bridgehead atoms. The van der Waals surface area contributed by atoms with Crippen LogP contribution in [-0.4, -0.2) is 5.71 Å². The van der Waals surface area contributed by atoms with E-state index < -0.39 is 0 Å². The van der Waals surface area contributed by atoms with E-state index in [0.29, 0.717) is 5.92 Å². The summed E-state index contributed by atoms with van der Waals surface area (Å²) in [5, 5.41) is 0. The summed E-state index contributed by atoms with van der Waals surface area (Å²) in [5.74, 6) is 0.383. The van der Waals surface area contributed by atoms with Gasteiger partial charge in [-0.05, 0) is 25.0 Å². The minimum absolute atomic E-state index is 0.383. The van der Waals surface area contributed by atoms with E-state index in [0.717, 1.165) is 17.8 Å². The highest BCUT2D eigenvalue weighted by molar-refractivity contribution is 6.02. The quantitative estimate of drug-likeness (QED) is 0.714. The van der Waals surface area contributed by atoms with Crippen molar-refractivity contribution in [1.82, 2.24) is 0 Å². The minimum Gasteiger partial charge on any atom is -0.252 e. The Morgan fingerprint density at radius 2 is 1.89 bits per heavy atom. The standard InChI is InChI=1S/C18H21N/c1-4-14(2)18(16-11-6-5-7-12-16)19-17-13-9-8-10-15(17)3/h5-13,15H,4H2,1-3H3/b18-14+,19-17?.